The SMILES string of the molecule is CC(=O)N1CCN(c2cccc3c2c(C(N)=O)cn3-c2ccnc(NC3CCC(CS(C)(=O)=O)CC3)n2)CC1. The third kappa shape index (κ3) is 6.00. The molecule has 5 rings (SSSR count). The molecule has 39 heavy (non-hydrogen) atoms. The molecule has 1 aromatic carbocycles. The molecular weight excluding hydrogens is 518 g/mol. The van der Waals surface area contributed by atoms with Gasteiger partial charge in [0, 0.05) is 68.9 Å². The molecule has 1 aliphatic carbocycles. The largest absolute Gasteiger partial charge is 0.367 e. The quantitative estimate of drug-likeness (QED) is 0.453. The van der Waals surface area contributed by atoms with Gasteiger partial charge in [0.05, 0.1) is 16.8 Å². The van der Waals surface area contributed by atoms with E-state index in [0.717, 1.165) is 42.3 Å². The number of anilines is 2. The summed E-state index contributed by atoms with van der Waals surface area (Å²) in [7, 11) is -2.97. The van der Waals surface area contributed by atoms with Crippen molar-refractivity contribution in [1.82, 2.24) is 19.4 Å². The van der Waals surface area contributed by atoms with Crippen molar-refractivity contribution in [2.75, 3.05) is 48.4 Å². The lowest BCUT2D eigenvalue weighted by molar-refractivity contribution is -0.129. The topological polar surface area (TPSA) is 144 Å². The van der Waals surface area contributed by atoms with Crippen LogP contribution in [0.2, 0.25) is 0 Å². The molecule has 2 aliphatic rings. The number of nitrogens with one attached hydrogen (secondary N) is 1. The Bertz CT molecular complexity index is 1490. The Morgan fingerprint density at radius 2 is 1.79 bits per heavy atom. The van der Waals surface area contributed by atoms with Gasteiger partial charge >= 0.3 is 0 Å². The number of primary amides is 1. The van der Waals surface area contributed by atoms with Gasteiger partial charge in [0.15, 0.2) is 0 Å². The molecule has 0 spiro atoms. The summed E-state index contributed by atoms with van der Waals surface area (Å²) in [4.78, 5) is 37.5. The van der Waals surface area contributed by atoms with E-state index in [9.17, 15) is 18.0 Å². The van der Waals surface area contributed by atoms with Crippen LogP contribution in [0.15, 0.2) is 36.7 Å². The zero-order valence-electron chi connectivity index (χ0n) is 22.3. The number of benzene rings is 1. The summed E-state index contributed by atoms with van der Waals surface area (Å²) in [6.45, 7) is 4.15. The third-order valence-corrected chi connectivity index (χ3v) is 8.82. The average Bonchev–Trinajstić information content (AvgIpc) is 3.30. The van der Waals surface area contributed by atoms with Crippen molar-refractivity contribution in [3.05, 3.63) is 42.2 Å². The van der Waals surface area contributed by atoms with Gasteiger partial charge in [0.1, 0.15) is 15.7 Å². The van der Waals surface area contributed by atoms with Crippen LogP contribution in [0.3, 0.4) is 0 Å². The van der Waals surface area contributed by atoms with Crippen LogP contribution in [0.4, 0.5) is 11.6 Å². The van der Waals surface area contributed by atoms with Gasteiger partial charge < -0.3 is 25.4 Å². The number of nitrogens with two attached hydrogens (primary N) is 1. The van der Waals surface area contributed by atoms with E-state index >= 15 is 0 Å². The van der Waals surface area contributed by atoms with Gasteiger partial charge in [-0.1, -0.05) is 6.07 Å². The molecule has 2 fully saturated rings. The number of carbonyl (C=O) groups is 2. The van der Waals surface area contributed by atoms with Gasteiger partial charge in [0.2, 0.25) is 11.9 Å². The number of nitrogens with zero attached hydrogens (tertiary/aromatic N) is 5. The van der Waals surface area contributed by atoms with E-state index in [0.29, 0.717) is 43.5 Å². The summed E-state index contributed by atoms with van der Waals surface area (Å²) in [6.07, 6.45) is 8.10. The number of aromatic nitrogens is 3. The van der Waals surface area contributed by atoms with Gasteiger partial charge in [-0.05, 0) is 49.8 Å². The number of carbonyl (C=O) groups excluding carboxylic acids is 2. The number of amides is 2. The molecule has 12 heteroatoms. The predicted octanol–water partition coefficient (Wildman–Crippen LogP) is 2.20. The highest BCUT2D eigenvalue weighted by Gasteiger charge is 2.26. The number of hydrogen-bond acceptors (Lipinski definition) is 8. The van der Waals surface area contributed by atoms with Crippen molar-refractivity contribution in [2.24, 2.45) is 11.7 Å². The molecule has 208 valence electrons. The molecule has 0 unspecified atom stereocenters. The second-order valence-corrected chi connectivity index (χ2v) is 12.8. The number of hydrogen-bond donors (Lipinski definition) is 2. The molecule has 11 nitrogen and oxygen atoms in total. The summed E-state index contributed by atoms with van der Waals surface area (Å²) < 4.78 is 25.2. The molecule has 1 saturated heterocycles. The zero-order valence-corrected chi connectivity index (χ0v) is 23.2. The van der Waals surface area contributed by atoms with Crippen LogP contribution in [0.25, 0.3) is 16.7 Å². The standard InChI is InChI=1S/C27H35N7O4S/c1-18(35)32-12-14-33(15-13-32)22-4-3-5-23-25(22)21(26(28)36)16-34(23)24-10-11-29-27(31-24)30-20-8-6-19(7-9-20)17-39(2,37)38/h3-5,10-11,16,19-20H,6-9,12-15,17H2,1-2H3,(H2,28,36)(H,29,30,31). The van der Waals surface area contributed by atoms with Crippen molar-refractivity contribution < 1.29 is 18.0 Å². The lowest BCUT2D eigenvalue weighted by Crippen LogP contribution is -2.48. The third-order valence-electron chi connectivity index (χ3n) is 7.74. The van der Waals surface area contributed by atoms with Crippen LogP contribution in [-0.2, 0) is 14.6 Å². The average molecular weight is 554 g/mol. The highest BCUT2D eigenvalue weighted by molar-refractivity contribution is 7.90. The summed E-state index contributed by atoms with van der Waals surface area (Å²) >= 11 is 0. The number of piperazine rings is 1. The number of sulfone groups is 1. The smallest absolute Gasteiger partial charge is 0.250 e. The first-order chi connectivity index (χ1) is 18.6. The molecule has 3 heterocycles. The van der Waals surface area contributed by atoms with Crippen LogP contribution in [0.1, 0.15) is 43.0 Å². The molecule has 0 bridgehead atoms. The second kappa shape index (κ2) is 10.8. The second-order valence-electron chi connectivity index (χ2n) is 10.6. The van der Waals surface area contributed by atoms with Crippen molar-refractivity contribution >= 4 is 44.2 Å². The Hall–Kier alpha value is -3.67. The first-order valence-electron chi connectivity index (χ1n) is 13.3. The van der Waals surface area contributed by atoms with Crippen LogP contribution in [0, 0.1) is 5.92 Å². The molecule has 0 atom stereocenters. The minimum atomic E-state index is -2.97. The maximum atomic E-state index is 12.5. The van der Waals surface area contributed by atoms with E-state index < -0.39 is 15.7 Å². The van der Waals surface area contributed by atoms with E-state index in [1.165, 1.54) is 6.26 Å². The summed E-state index contributed by atoms with van der Waals surface area (Å²) in [5.41, 5.74) is 7.95. The van der Waals surface area contributed by atoms with Crippen LogP contribution in [-0.4, -0.2) is 83.9 Å². The molecule has 1 aliphatic heterocycles. The maximum absolute atomic E-state index is 12.5. The zero-order chi connectivity index (χ0) is 27.7. The van der Waals surface area contributed by atoms with Gasteiger partial charge in [0.25, 0.3) is 5.91 Å². The van der Waals surface area contributed by atoms with Crippen molar-refractivity contribution in [2.45, 2.75) is 38.6 Å². The Kier molecular flexibility index (Phi) is 7.48. The molecule has 1 saturated carbocycles. The Morgan fingerprint density at radius 3 is 2.44 bits per heavy atom. The van der Waals surface area contributed by atoms with Crippen LogP contribution >= 0.6 is 0 Å². The minimum Gasteiger partial charge on any atom is -0.367 e. The molecule has 3 N–H and O–H groups in total. The molecule has 0 radical (unpaired) electrons. The van der Waals surface area contributed by atoms with Crippen LogP contribution in [0.5, 0.6) is 0 Å². The van der Waals surface area contributed by atoms with Crippen LogP contribution < -0.4 is 16.0 Å². The molecule has 2 aromatic heterocycles. The fraction of sp³-hybridized carbons (Fsp3) is 0.481. The van der Waals surface area contributed by atoms with E-state index in [1.807, 2.05) is 27.7 Å². The Balaban J connectivity index is 1.39. The first kappa shape index (κ1) is 26.9. The lowest BCUT2D eigenvalue weighted by Gasteiger charge is -2.36. The van der Waals surface area contributed by atoms with Gasteiger partial charge in [-0.25, -0.2) is 13.4 Å². The summed E-state index contributed by atoms with van der Waals surface area (Å²) in [5, 5.41) is 4.17. The van der Waals surface area contributed by atoms with E-state index in [1.54, 1.807) is 25.4 Å². The van der Waals surface area contributed by atoms with E-state index in [4.69, 9.17) is 10.7 Å². The molecule has 2 amide bonds. The van der Waals surface area contributed by atoms with Gasteiger partial charge in [-0.3, -0.25) is 9.59 Å². The van der Waals surface area contributed by atoms with E-state index in [-0.39, 0.29) is 23.6 Å². The number of fused-ring (bicyclic) bond motifs is 1. The Morgan fingerprint density at radius 1 is 1.08 bits per heavy atom. The van der Waals surface area contributed by atoms with Crippen molar-refractivity contribution in [3.8, 4) is 5.82 Å². The van der Waals surface area contributed by atoms with Crippen molar-refractivity contribution in [3.63, 3.8) is 0 Å². The summed E-state index contributed by atoms with van der Waals surface area (Å²) in [6, 6.07) is 7.83. The maximum Gasteiger partial charge on any atom is 0.250 e. The normalized spacial score (nSPS) is 20.3. The highest BCUT2D eigenvalue weighted by Crippen LogP contribution is 2.34. The summed E-state index contributed by atoms with van der Waals surface area (Å²) in [5.74, 6) is 1.07. The fourth-order valence-electron chi connectivity index (χ4n) is 5.81. The highest BCUT2D eigenvalue weighted by atomic mass is 32.2. The van der Waals surface area contributed by atoms with Gasteiger partial charge in [-0.2, -0.15) is 4.98 Å². The lowest BCUT2D eigenvalue weighted by atomic mass is 9.87. The minimum absolute atomic E-state index is 0.0620. The number of rotatable bonds is 7. The van der Waals surface area contributed by atoms with Crippen molar-refractivity contribution in [1.29, 1.82) is 0 Å². The Labute approximate surface area is 228 Å². The fourth-order valence-corrected chi connectivity index (χ4v) is 7.00. The van der Waals surface area contributed by atoms with E-state index in [2.05, 4.69) is 15.2 Å². The first-order valence-corrected chi connectivity index (χ1v) is 15.4. The molecule has 3 aromatic rings. The molecular formula is C27H35N7O4S. The predicted molar refractivity (Wildman–Crippen MR) is 151 cm³/mol. The van der Waals surface area contributed by atoms with Gasteiger partial charge in [-0.15, -0.1) is 0 Å². The monoisotopic (exact) mass is 553 g/mol.